The molecule has 10 nitrogen and oxygen atoms in total. The number of rotatable bonds is 15. The molecule has 192 valence electrons. The summed E-state index contributed by atoms with van der Waals surface area (Å²) in [5.74, 6) is 0.0903. The molecule has 1 aliphatic heterocycles. The lowest BCUT2D eigenvalue weighted by Gasteiger charge is -2.17. The molecule has 1 aliphatic rings. The van der Waals surface area contributed by atoms with E-state index >= 15 is 0 Å². The Hall–Kier alpha value is -2.96. The van der Waals surface area contributed by atoms with Crippen LogP contribution >= 0.6 is 0 Å². The molecule has 2 aromatic carbocycles. The van der Waals surface area contributed by atoms with E-state index in [-0.39, 0.29) is 50.0 Å². The monoisotopic (exact) mass is 496 g/mol. The number of methoxy groups -OCH3 is 4. The summed E-state index contributed by atoms with van der Waals surface area (Å²) in [5.41, 5.74) is 1.25. The fourth-order valence-corrected chi connectivity index (χ4v) is 3.45. The minimum absolute atomic E-state index is 0.0544. The number of ketones is 1. The van der Waals surface area contributed by atoms with Gasteiger partial charge in [0.05, 0.1) is 5.56 Å². The van der Waals surface area contributed by atoms with Crippen LogP contribution in [0.5, 0.6) is 23.0 Å². The maximum absolute atomic E-state index is 13.9. The number of halogens is 1. The van der Waals surface area contributed by atoms with Gasteiger partial charge in [-0.15, -0.1) is 0 Å². The summed E-state index contributed by atoms with van der Waals surface area (Å²) in [6, 6.07) is 5.74. The summed E-state index contributed by atoms with van der Waals surface area (Å²) in [6.45, 7) is 1.32. The van der Waals surface area contributed by atoms with Crippen molar-refractivity contribution < 1.29 is 51.8 Å². The van der Waals surface area contributed by atoms with Crippen molar-refractivity contribution in [1.82, 2.24) is 0 Å². The second-order valence-electron chi connectivity index (χ2n) is 7.49. The van der Waals surface area contributed by atoms with Crippen molar-refractivity contribution in [3.63, 3.8) is 0 Å². The Labute approximate surface area is 202 Å². The maximum atomic E-state index is 13.9. The molecule has 0 aliphatic carbocycles. The smallest absolute Gasteiger partial charge is 0.206 e. The summed E-state index contributed by atoms with van der Waals surface area (Å²) < 4.78 is 62.0. The Morgan fingerprint density at radius 2 is 1.31 bits per heavy atom. The predicted octanol–water partition coefficient (Wildman–Crippen LogP) is 3.39. The van der Waals surface area contributed by atoms with Crippen LogP contribution in [0.1, 0.15) is 27.6 Å². The first kappa shape index (κ1) is 26.6. The minimum atomic E-state index is -0.819. The number of carbonyl (C=O) groups is 1. The van der Waals surface area contributed by atoms with Crippen LogP contribution < -0.4 is 18.9 Å². The number of hydrogen-bond donors (Lipinski definition) is 0. The van der Waals surface area contributed by atoms with Crippen molar-refractivity contribution >= 4 is 5.78 Å². The Kier molecular flexibility index (Phi) is 9.64. The van der Waals surface area contributed by atoms with Gasteiger partial charge in [-0.25, -0.2) is 4.39 Å². The van der Waals surface area contributed by atoms with E-state index < -0.39 is 18.0 Å². The third-order valence-corrected chi connectivity index (χ3v) is 4.95. The van der Waals surface area contributed by atoms with Crippen LogP contribution in [0.4, 0.5) is 4.39 Å². The highest BCUT2D eigenvalue weighted by Crippen LogP contribution is 2.48. The fraction of sp³-hybridized carbons (Fsp3) is 0.458. The van der Waals surface area contributed by atoms with Crippen LogP contribution in [0, 0.1) is 12.7 Å². The van der Waals surface area contributed by atoms with Gasteiger partial charge in [0.15, 0.2) is 50.6 Å². The molecule has 1 heterocycles. The van der Waals surface area contributed by atoms with Gasteiger partial charge in [0.25, 0.3) is 0 Å². The Balaban J connectivity index is 1.92. The number of benzene rings is 2. The first-order chi connectivity index (χ1) is 16.9. The molecule has 2 aromatic rings. The first-order valence-corrected chi connectivity index (χ1v) is 10.6. The molecule has 0 bridgehead atoms. The summed E-state index contributed by atoms with van der Waals surface area (Å²) in [7, 11) is 5.87. The van der Waals surface area contributed by atoms with Gasteiger partial charge in [0.2, 0.25) is 5.75 Å². The number of ether oxygens (including phenoxy) is 9. The average molecular weight is 496 g/mol. The lowest BCUT2D eigenvalue weighted by Crippen LogP contribution is -2.14. The van der Waals surface area contributed by atoms with Crippen molar-refractivity contribution in [2.75, 3.05) is 55.6 Å². The number of epoxide rings is 1. The number of aryl methyl sites for hydroxylation is 1. The number of Topliss-reactive ketones (excluding diaryl/α,β-unsaturated/α-hetero) is 1. The Morgan fingerprint density at radius 3 is 1.86 bits per heavy atom. The van der Waals surface area contributed by atoms with Gasteiger partial charge in [-0.2, -0.15) is 0 Å². The highest BCUT2D eigenvalue weighted by atomic mass is 19.1. The van der Waals surface area contributed by atoms with E-state index in [0.29, 0.717) is 22.6 Å². The average Bonchev–Trinajstić information content (AvgIpc) is 3.64. The quantitative estimate of drug-likeness (QED) is 0.207. The van der Waals surface area contributed by atoms with E-state index in [1.165, 1.54) is 34.5 Å². The predicted molar refractivity (Wildman–Crippen MR) is 120 cm³/mol. The first-order valence-electron chi connectivity index (χ1n) is 10.6. The molecule has 0 radical (unpaired) electrons. The third-order valence-electron chi connectivity index (χ3n) is 4.95. The van der Waals surface area contributed by atoms with E-state index in [2.05, 4.69) is 0 Å². The van der Waals surface area contributed by atoms with Gasteiger partial charge < -0.3 is 42.6 Å². The third kappa shape index (κ3) is 6.59. The van der Waals surface area contributed by atoms with Gasteiger partial charge in [-0.1, -0.05) is 0 Å². The topological polar surface area (TPSA) is 103 Å². The minimum Gasteiger partial charge on any atom is -0.467 e. The molecule has 2 atom stereocenters. The maximum Gasteiger partial charge on any atom is 0.206 e. The van der Waals surface area contributed by atoms with Crippen molar-refractivity contribution in [1.29, 1.82) is 0 Å². The molecular weight excluding hydrogens is 467 g/mol. The van der Waals surface area contributed by atoms with Crippen molar-refractivity contribution in [2.24, 2.45) is 0 Å². The fourth-order valence-electron chi connectivity index (χ4n) is 3.45. The second-order valence-corrected chi connectivity index (χ2v) is 7.49. The Morgan fingerprint density at radius 1 is 0.800 bits per heavy atom. The molecule has 0 amide bonds. The van der Waals surface area contributed by atoms with Crippen molar-refractivity contribution in [3.8, 4) is 23.0 Å². The normalized spacial score (nSPS) is 16.6. The van der Waals surface area contributed by atoms with Crippen LogP contribution in [0.25, 0.3) is 0 Å². The van der Waals surface area contributed by atoms with Crippen LogP contribution in [0.15, 0.2) is 24.3 Å². The summed E-state index contributed by atoms with van der Waals surface area (Å²) >= 11 is 0. The molecule has 2 unspecified atom stereocenters. The molecule has 0 saturated carbocycles. The van der Waals surface area contributed by atoms with Gasteiger partial charge in [-0.3, -0.25) is 4.79 Å². The van der Waals surface area contributed by atoms with Crippen LogP contribution in [0.2, 0.25) is 0 Å². The SMILES string of the molecule is COCOc1cc(C2OC2C(=O)c2c(C)cc(F)cc2OCOC)cc(OCOC)c1OCOC. The molecule has 0 aromatic heterocycles. The lowest BCUT2D eigenvalue weighted by molar-refractivity contribution is 0.0217. The zero-order valence-corrected chi connectivity index (χ0v) is 20.3. The standard InChI is InChI=1S/C24H29FO10/c1-14-6-16(25)9-17(31-10-27-2)20(14)21(26)24-22(35-24)15-7-18(32-11-28-3)23(34-13-30-5)19(8-15)33-12-29-4/h6-9,22,24H,10-13H2,1-5H3. The largest absolute Gasteiger partial charge is 0.467 e. The van der Waals surface area contributed by atoms with Gasteiger partial charge >= 0.3 is 0 Å². The lowest BCUT2D eigenvalue weighted by atomic mass is 9.97. The molecule has 1 fully saturated rings. The van der Waals surface area contributed by atoms with E-state index in [9.17, 15) is 9.18 Å². The van der Waals surface area contributed by atoms with E-state index in [1.54, 1.807) is 19.1 Å². The van der Waals surface area contributed by atoms with Gasteiger partial charge in [0.1, 0.15) is 17.7 Å². The summed E-state index contributed by atoms with van der Waals surface area (Å²) in [4.78, 5) is 13.3. The molecule has 11 heteroatoms. The number of hydrogen-bond acceptors (Lipinski definition) is 10. The molecule has 1 saturated heterocycles. The molecule has 0 N–H and O–H groups in total. The van der Waals surface area contributed by atoms with Crippen LogP contribution in [-0.2, 0) is 23.7 Å². The van der Waals surface area contributed by atoms with Crippen molar-refractivity contribution in [3.05, 3.63) is 46.8 Å². The van der Waals surface area contributed by atoms with Gasteiger partial charge in [-0.05, 0) is 36.2 Å². The highest BCUT2D eigenvalue weighted by molar-refractivity contribution is 6.04. The zero-order chi connectivity index (χ0) is 25.4. The molecule has 3 rings (SSSR count). The molecule has 0 spiro atoms. The molecular formula is C24H29FO10. The molecule has 35 heavy (non-hydrogen) atoms. The highest BCUT2D eigenvalue weighted by Gasteiger charge is 2.48. The van der Waals surface area contributed by atoms with Crippen LogP contribution in [0.3, 0.4) is 0 Å². The van der Waals surface area contributed by atoms with Crippen molar-refractivity contribution in [2.45, 2.75) is 19.1 Å². The second kappa shape index (κ2) is 12.7. The van der Waals surface area contributed by atoms with E-state index in [1.807, 2.05) is 0 Å². The zero-order valence-electron chi connectivity index (χ0n) is 20.3. The van der Waals surface area contributed by atoms with Crippen LogP contribution in [-0.4, -0.2) is 67.5 Å². The number of carbonyl (C=O) groups excluding carboxylic acids is 1. The summed E-state index contributed by atoms with van der Waals surface area (Å²) in [5, 5.41) is 0. The van der Waals surface area contributed by atoms with E-state index in [0.717, 1.165) is 6.07 Å². The van der Waals surface area contributed by atoms with Gasteiger partial charge in [0, 0.05) is 34.5 Å². The van der Waals surface area contributed by atoms with E-state index in [4.69, 9.17) is 42.6 Å². The Bertz CT molecular complexity index is 983. The summed E-state index contributed by atoms with van der Waals surface area (Å²) in [6.07, 6.45) is -1.42.